The molecular formula is C19H20N2O3. The average Bonchev–Trinajstić information content (AvgIpc) is 3.48. The molecule has 2 saturated carbocycles. The first-order valence-corrected chi connectivity index (χ1v) is 8.30. The third-order valence-electron chi connectivity index (χ3n) is 5.10. The Kier molecular flexibility index (Phi) is 3.34. The summed E-state index contributed by atoms with van der Waals surface area (Å²) in [6, 6.07) is 6.97. The van der Waals surface area contributed by atoms with Gasteiger partial charge in [0.15, 0.2) is 0 Å². The first kappa shape index (κ1) is 15.1. The molecule has 2 aliphatic rings. The zero-order valence-electron chi connectivity index (χ0n) is 13.9. The highest BCUT2D eigenvalue weighted by molar-refractivity contribution is 5.67. The van der Waals surface area contributed by atoms with E-state index in [2.05, 4.69) is 23.8 Å². The van der Waals surface area contributed by atoms with E-state index < -0.39 is 6.16 Å². The first-order chi connectivity index (χ1) is 11.5. The molecule has 0 amide bonds. The maximum absolute atomic E-state index is 12.0. The number of hydrogen-bond acceptors (Lipinski definition) is 5. The van der Waals surface area contributed by atoms with Crippen molar-refractivity contribution in [1.82, 2.24) is 9.97 Å². The van der Waals surface area contributed by atoms with Crippen LogP contribution < -0.4 is 9.47 Å². The van der Waals surface area contributed by atoms with E-state index in [1.807, 2.05) is 12.1 Å². The van der Waals surface area contributed by atoms with E-state index in [1.165, 1.54) is 0 Å². The van der Waals surface area contributed by atoms with Crippen LogP contribution in [0.5, 0.6) is 11.5 Å². The summed E-state index contributed by atoms with van der Waals surface area (Å²) in [5.41, 5.74) is 2.17. The van der Waals surface area contributed by atoms with Gasteiger partial charge in [-0.2, -0.15) is 0 Å². The van der Waals surface area contributed by atoms with Crippen LogP contribution in [0, 0.1) is 0 Å². The van der Waals surface area contributed by atoms with Crippen molar-refractivity contribution in [2.24, 2.45) is 0 Å². The quantitative estimate of drug-likeness (QED) is 0.790. The second-order valence-electron chi connectivity index (χ2n) is 7.33. The minimum atomic E-state index is -0.744. The van der Waals surface area contributed by atoms with Gasteiger partial charge in [-0.05, 0) is 37.8 Å². The summed E-state index contributed by atoms with van der Waals surface area (Å²) in [5.74, 6) is 0.920. The Balaban J connectivity index is 1.44. The van der Waals surface area contributed by atoms with Crippen LogP contribution in [0.3, 0.4) is 0 Å². The van der Waals surface area contributed by atoms with Crippen molar-refractivity contribution in [2.75, 3.05) is 0 Å². The fourth-order valence-corrected chi connectivity index (χ4v) is 2.71. The second-order valence-corrected chi connectivity index (χ2v) is 7.33. The number of carbonyl (C=O) groups is 1. The third kappa shape index (κ3) is 2.98. The Morgan fingerprint density at radius 3 is 1.67 bits per heavy atom. The van der Waals surface area contributed by atoms with Gasteiger partial charge in [-0.25, -0.2) is 4.79 Å². The number of nitrogens with zero attached hydrogens (tertiary/aromatic N) is 2. The maximum atomic E-state index is 12.0. The summed E-state index contributed by atoms with van der Waals surface area (Å²) in [6.45, 7) is 4.32. The molecule has 2 aromatic rings. The number of hydrogen-bond donors (Lipinski definition) is 0. The molecule has 4 rings (SSSR count). The van der Waals surface area contributed by atoms with Gasteiger partial charge in [0.1, 0.15) is 11.5 Å². The maximum Gasteiger partial charge on any atom is 0.519 e. The van der Waals surface area contributed by atoms with Crippen molar-refractivity contribution in [1.29, 1.82) is 0 Å². The van der Waals surface area contributed by atoms with Gasteiger partial charge in [0.05, 0.1) is 0 Å². The number of pyridine rings is 2. The largest absolute Gasteiger partial charge is 0.519 e. The summed E-state index contributed by atoms with van der Waals surface area (Å²) in [7, 11) is 0. The van der Waals surface area contributed by atoms with Crippen molar-refractivity contribution in [3.63, 3.8) is 0 Å². The molecular weight excluding hydrogens is 304 g/mol. The van der Waals surface area contributed by atoms with Crippen molar-refractivity contribution >= 4 is 6.16 Å². The van der Waals surface area contributed by atoms with Crippen LogP contribution in [0.4, 0.5) is 4.79 Å². The Morgan fingerprint density at radius 1 is 0.875 bits per heavy atom. The van der Waals surface area contributed by atoms with E-state index in [0.717, 1.165) is 37.1 Å². The van der Waals surface area contributed by atoms with Gasteiger partial charge < -0.3 is 9.47 Å². The molecule has 2 aliphatic carbocycles. The number of ether oxygens (including phenoxy) is 2. The fraction of sp³-hybridized carbons (Fsp3) is 0.421. The van der Waals surface area contributed by atoms with Crippen LogP contribution in [0.1, 0.15) is 50.9 Å². The summed E-state index contributed by atoms with van der Waals surface area (Å²) < 4.78 is 10.6. The number of carbonyl (C=O) groups excluding carboxylic acids is 1. The Morgan fingerprint density at radius 2 is 1.29 bits per heavy atom. The van der Waals surface area contributed by atoms with E-state index >= 15 is 0 Å². The molecule has 0 saturated heterocycles. The lowest BCUT2D eigenvalue weighted by Crippen LogP contribution is -2.15. The fourth-order valence-electron chi connectivity index (χ4n) is 2.71. The molecule has 0 atom stereocenters. The van der Waals surface area contributed by atoms with Crippen LogP contribution in [0.25, 0.3) is 0 Å². The molecule has 5 nitrogen and oxygen atoms in total. The first-order valence-electron chi connectivity index (χ1n) is 8.30. The predicted molar refractivity (Wildman–Crippen MR) is 88.3 cm³/mol. The highest BCUT2D eigenvalue weighted by Gasteiger charge is 2.41. The monoisotopic (exact) mass is 324 g/mol. The third-order valence-corrected chi connectivity index (χ3v) is 5.10. The molecule has 2 fully saturated rings. The topological polar surface area (TPSA) is 61.3 Å². The number of aromatic nitrogens is 2. The highest BCUT2D eigenvalue weighted by atomic mass is 16.7. The van der Waals surface area contributed by atoms with Crippen LogP contribution >= 0.6 is 0 Å². The predicted octanol–water partition coefficient (Wildman–Crippen LogP) is 4.16. The van der Waals surface area contributed by atoms with E-state index in [1.54, 1.807) is 24.5 Å². The molecule has 0 aromatic carbocycles. The van der Waals surface area contributed by atoms with Gasteiger partial charge in [-0.3, -0.25) is 9.97 Å². The van der Waals surface area contributed by atoms with Gasteiger partial charge in [0.2, 0.25) is 0 Å². The smallest absolute Gasteiger partial charge is 0.395 e. The van der Waals surface area contributed by atoms with Crippen molar-refractivity contribution in [3.8, 4) is 11.5 Å². The van der Waals surface area contributed by atoms with Gasteiger partial charge in [0.25, 0.3) is 0 Å². The average molecular weight is 324 g/mol. The minimum absolute atomic E-state index is 0.128. The molecule has 124 valence electrons. The summed E-state index contributed by atoms with van der Waals surface area (Å²) in [6.07, 6.45) is 7.06. The van der Waals surface area contributed by atoms with E-state index in [4.69, 9.17) is 9.47 Å². The van der Waals surface area contributed by atoms with Gasteiger partial charge in [0, 0.05) is 46.7 Å². The summed E-state index contributed by atoms with van der Waals surface area (Å²) in [4.78, 5) is 20.8. The van der Waals surface area contributed by atoms with Crippen LogP contribution in [-0.4, -0.2) is 16.1 Å². The molecule has 0 aliphatic heterocycles. The molecule has 24 heavy (non-hydrogen) atoms. The normalized spacial score (nSPS) is 19.4. The lowest BCUT2D eigenvalue weighted by atomic mass is 10.1. The summed E-state index contributed by atoms with van der Waals surface area (Å²) in [5, 5.41) is 0. The van der Waals surface area contributed by atoms with E-state index in [0.29, 0.717) is 11.5 Å². The van der Waals surface area contributed by atoms with E-state index in [9.17, 15) is 4.79 Å². The minimum Gasteiger partial charge on any atom is -0.395 e. The van der Waals surface area contributed by atoms with Gasteiger partial charge in [-0.15, -0.1) is 0 Å². The SMILES string of the molecule is CC1(c2cc(OC(=O)Oc3ccnc(C4(C)CC4)c3)ccn2)CC1. The summed E-state index contributed by atoms with van der Waals surface area (Å²) >= 11 is 0. The second kappa shape index (κ2) is 5.30. The van der Waals surface area contributed by atoms with Crippen LogP contribution in [0.15, 0.2) is 36.7 Å². The molecule has 5 heteroatoms. The molecule has 2 aromatic heterocycles. The Labute approximate surface area is 141 Å². The standard InChI is InChI=1S/C19H20N2O3/c1-18(5-6-18)15-11-13(3-9-20-15)23-17(22)24-14-4-10-21-16(12-14)19(2)7-8-19/h3-4,9-12H,5-8H2,1-2H3. The lowest BCUT2D eigenvalue weighted by molar-refractivity contribution is 0.151. The van der Waals surface area contributed by atoms with Crippen molar-refractivity contribution < 1.29 is 14.3 Å². The molecule has 0 spiro atoms. The van der Waals surface area contributed by atoms with Crippen LogP contribution in [0.2, 0.25) is 0 Å². The Bertz CT molecular complexity index is 729. The van der Waals surface area contributed by atoms with Gasteiger partial charge in [-0.1, -0.05) is 13.8 Å². The van der Waals surface area contributed by atoms with Crippen molar-refractivity contribution in [3.05, 3.63) is 48.0 Å². The highest BCUT2D eigenvalue weighted by Crippen LogP contribution is 2.48. The number of rotatable bonds is 4. The molecule has 2 heterocycles. The van der Waals surface area contributed by atoms with E-state index in [-0.39, 0.29) is 10.8 Å². The molecule has 0 unspecified atom stereocenters. The zero-order valence-corrected chi connectivity index (χ0v) is 13.9. The molecule has 0 radical (unpaired) electrons. The molecule has 0 bridgehead atoms. The molecule has 0 N–H and O–H groups in total. The Hall–Kier alpha value is -2.43. The van der Waals surface area contributed by atoms with Crippen LogP contribution in [-0.2, 0) is 10.8 Å². The lowest BCUT2D eigenvalue weighted by Gasteiger charge is -2.11. The van der Waals surface area contributed by atoms with Gasteiger partial charge >= 0.3 is 6.16 Å². The van der Waals surface area contributed by atoms with Crippen molar-refractivity contribution in [2.45, 2.75) is 50.4 Å². The zero-order chi connectivity index (χ0) is 16.8.